The van der Waals surface area contributed by atoms with Gasteiger partial charge in [0.2, 0.25) is 0 Å². The van der Waals surface area contributed by atoms with Gasteiger partial charge in [0.05, 0.1) is 5.69 Å². The van der Waals surface area contributed by atoms with Gasteiger partial charge in [0.25, 0.3) is 0 Å². The summed E-state index contributed by atoms with van der Waals surface area (Å²) >= 11 is 5.70. The fourth-order valence-electron chi connectivity index (χ4n) is 1.70. The van der Waals surface area contributed by atoms with Crippen LogP contribution in [0.2, 0.25) is 5.02 Å². The summed E-state index contributed by atoms with van der Waals surface area (Å²) in [6.45, 7) is 1.79. The molecule has 0 amide bonds. The SMILES string of the molecule is Cc1nn(C)c(N)c1-c1ccc(Cl)cc1F. The summed E-state index contributed by atoms with van der Waals surface area (Å²) in [4.78, 5) is 0. The van der Waals surface area contributed by atoms with Gasteiger partial charge < -0.3 is 5.73 Å². The topological polar surface area (TPSA) is 43.8 Å². The lowest BCUT2D eigenvalue weighted by Gasteiger charge is -2.04. The molecule has 3 nitrogen and oxygen atoms in total. The van der Waals surface area contributed by atoms with Crippen molar-refractivity contribution in [3.63, 3.8) is 0 Å². The monoisotopic (exact) mass is 239 g/mol. The maximum atomic E-state index is 13.7. The first-order valence-corrected chi connectivity index (χ1v) is 5.13. The number of nitrogens with two attached hydrogens (primary N) is 1. The largest absolute Gasteiger partial charge is 0.383 e. The Morgan fingerprint density at radius 3 is 2.62 bits per heavy atom. The molecule has 1 heterocycles. The van der Waals surface area contributed by atoms with Crippen molar-refractivity contribution in [2.24, 2.45) is 7.05 Å². The Labute approximate surface area is 97.6 Å². The zero-order chi connectivity index (χ0) is 11.9. The van der Waals surface area contributed by atoms with E-state index in [-0.39, 0.29) is 0 Å². The number of hydrogen-bond acceptors (Lipinski definition) is 2. The first kappa shape index (κ1) is 11.0. The molecular weight excluding hydrogens is 229 g/mol. The summed E-state index contributed by atoms with van der Waals surface area (Å²) in [5, 5.41) is 4.50. The summed E-state index contributed by atoms with van der Waals surface area (Å²) in [5.41, 5.74) is 7.58. The number of aryl methyl sites for hydroxylation is 2. The predicted molar refractivity (Wildman–Crippen MR) is 62.8 cm³/mol. The van der Waals surface area contributed by atoms with Crippen LogP contribution in [0.3, 0.4) is 0 Å². The molecule has 0 aliphatic heterocycles. The van der Waals surface area contributed by atoms with E-state index in [1.165, 1.54) is 10.7 Å². The smallest absolute Gasteiger partial charge is 0.132 e. The van der Waals surface area contributed by atoms with Crippen LogP contribution in [0.15, 0.2) is 18.2 Å². The molecule has 0 saturated heterocycles. The Morgan fingerprint density at radius 2 is 2.12 bits per heavy atom. The van der Waals surface area contributed by atoms with E-state index in [4.69, 9.17) is 17.3 Å². The molecule has 2 aromatic rings. The lowest BCUT2D eigenvalue weighted by atomic mass is 10.1. The minimum absolute atomic E-state index is 0.362. The Kier molecular flexibility index (Phi) is 2.59. The van der Waals surface area contributed by atoms with Gasteiger partial charge in [-0.05, 0) is 25.1 Å². The van der Waals surface area contributed by atoms with Gasteiger partial charge in [-0.2, -0.15) is 5.10 Å². The average molecular weight is 240 g/mol. The van der Waals surface area contributed by atoms with Crippen LogP contribution < -0.4 is 5.73 Å². The summed E-state index contributed by atoms with van der Waals surface area (Å²) in [5.74, 6) is 0.0500. The Morgan fingerprint density at radius 1 is 1.44 bits per heavy atom. The van der Waals surface area contributed by atoms with E-state index < -0.39 is 5.82 Å². The van der Waals surface area contributed by atoms with Crippen LogP contribution in [0.5, 0.6) is 0 Å². The van der Waals surface area contributed by atoms with Crippen molar-refractivity contribution in [1.82, 2.24) is 9.78 Å². The van der Waals surface area contributed by atoms with Gasteiger partial charge in [-0.3, -0.25) is 4.68 Å². The zero-order valence-electron chi connectivity index (χ0n) is 8.96. The first-order chi connectivity index (χ1) is 7.50. The molecule has 0 aliphatic rings. The number of hydrogen-bond donors (Lipinski definition) is 1. The number of benzene rings is 1. The van der Waals surface area contributed by atoms with Gasteiger partial charge in [-0.15, -0.1) is 0 Å². The normalized spacial score (nSPS) is 10.8. The fraction of sp³-hybridized carbons (Fsp3) is 0.182. The van der Waals surface area contributed by atoms with Crippen LogP contribution in [-0.4, -0.2) is 9.78 Å². The molecule has 1 aromatic heterocycles. The third-order valence-corrected chi connectivity index (χ3v) is 2.70. The Balaban J connectivity index is 2.67. The maximum Gasteiger partial charge on any atom is 0.132 e. The second-order valence-electron chi connectivity index (χ2n) is 3.59. The van der Waals surface area contributed by atoms with Crippen molar-refractivity contribution in [2.45, 2.75) is 6.92 Å². The fourth-order valence-corrected chi connectivity index (χ4v) is 1.86. The number of anilines is 1. The zero-order valence-corrected chi connectivity index (χ0v) is 9.72. The maximum absolute atomic E-state index is 13.7. The van der Waals surface area contributed by atoms with Crippen LogP contribution in [0.4, 0.5) is 10.2 Å². The van der Waals surface area contributed by atoms with Gasteiger partial charge in [-0.1, -0.05) is 11.6 Å². The highest BCUT2D eigenvalue weighted by Gasteiger charge is 2.15. The molecule has 16 heavy (non-hydrogen) atoms. The van der Waals surface area contributed by atoms with E-state index >= 15 is 0 Å². The van der Waals surface area contributed by atoms with Crippen molar-refractivity contribution in [3.8, 4) is 11.1 Å². The molecule has 84 valence electrons. The molecule has 0 bridgehead atoms. The van der Waals surface area contributed by atoms with Crippen molar-refractivity contribution in [3.05, 3.63) is 34.7 Å². The summed E-state index contributed by atoms with van der Waals surface area (Å²) in [7, 11) is 1.72. The molecule has 2 N–H and O–H groups in total. The quantitative estimate of drug-likeness (QED) is 0.832. The number of halogens is 2. The molecule has 0 atom stereocenters. The van der Waals surface area contributed by atoms with Crippen LogP contribution in [-0.2, 0) is 7.05 Å². The Hall–Kier alpha value is -1.55. The average Bonchev–Trinajstić information content (AvgIpc) is 2.43. The van der Waals surface area contributed by atoms with Crippen LogP contribution in [0.1, 0.15) is 5.69 Å². The summed E-state index contributed by atoms with van der Waals surface area (Å²) in [6.07, 6.45) is 0. The van der Waals surface area contributed by atoms with E-state index in [9.17, 15) is 4.39 Å². The number of aromatic nitrogens is 2. The first-order valence-electron chi connectivity index (χ1n) is 4.75. The molecule has 1 aromatic carbocycles. The highest BCUT2D eigenvalue weighted by Crippen LogP contribution is 2.31. The second kappa shape index (κ2) is 3.79. The van der Waals surface area contributed by atoms with Gasteiger partial charge in [0, 0.05) is 23.2 Å². The lowest BCUT2D eigenvalue weighted by Crippen LogP contribution is -1.98. The van der Waals surface area contributed by atoms with Crippen molar-refractivity contribution in [2.75, 3.05) is 5.73 Å². The predicted octanol–water partition coefficient (Wildman–Crippen LogP) is 2.77. The van der Waals surface area contributed by atoms with Gasteiger partial charge in [0.1, 0.15) is 11.6 Å². The van der Waals surface area contributed by atoms with Gasteiger partial charge in [-0.25, -0.2) is 4.39 Å². The van der Waals surface area contributed by atoms with E-state index in [1.807, 2.05) is 0 Å². The molecule has 0 radical (unpaired) electrons. The van der Waals surface area contributed by atoms with Crippen LogP contribution >= 0.6 is 11.6 Å². The third kappa shape index (κ3) is 1.65. The highest BCUT2D eigenvalue weighted by atomic mass is 35.5. The number of nitrogen functional groups attached to an aromatic ring is 1. The molecule has 0 saturated carbocycles. The molecule has 0 spiro atoms. The second-order valence-corrected chi connectivity index (χ2v) is 4.03. The third-order valence-electron chi connectivity index (χ3n) is 2.47. The van der Waals surface area contributed by atoms with E-state index in [2.05, 4.69) is 5.10 Å². The lowest BCUT2D eigenvalue weighted by molar-refractivity contribution is 0.631. The molecule has 0 aliphatic carbocycles. The van der Waals surface area contributed by atoms with Gasteiger partial charge in [0.15, 0.2) is 0 Å². The number of nitrogens with zero attached hydrogens (tertiary/aromatic N) is 2. The van der Waals surface area contributed by atoms with E-state index in [0.717, 1.165) is 0 Å². The molecular formula is C11H11ClFN3. The molecule has 5 heteroatoms. The van der Waals surface area contributed by atoms with E-state index in [0.29, 0.717) is 27.7 Å². The molecule has 2 rings (SSSR count). The highest BCUT2D eigenvalue weighted by molar-refractivity contribution is 6.30. The van der Waals surface area contributed by atoms with Gasteiger partial charge >= 0.3 is 0 Å². The van der Waals surface area contributed by atoms with Crippen LogP contribution in [0, 0.1) is 12.7 Å². The van der Waals surface area contributed by atoms with Crippen molar-refractivity contribution < 1.29 is 4.39 Å². The molecule has 0 fully saturated rings. The summed E-state index contributed by atoms with van der Waals surface area (Å²) < 4.78 is 15.3. The Bertz CT molecular complexity index is 548. The standard InChI is InChI=1S/C11H11ClFN3/c1-6-10(11(14)16(2)15-6)8-4-3-7(12)5-9(8)13/h3-5H,14H2,1-2H3. The van der Waals surface area contributed by atoms with Crippen molar-refractivity contribution >= 4 is 17.4 Å². The van der Waals surface area contributed by atoms with E-state index in [1.54, 1.807) is 26.1 Å². The minimum Gasteiger partial charge on any atom is -0.383 e. The van der Waals surface area contributed by atoms with Crippen molar-refractivity contribution in [1.29, 1.82) is 0 Å². The summed E-state index contributed by atoms with van der Waals surface area (Å²) in [6, 6.07) is 4.51. The minimum atomic E-state index is -0.393. The molecule has 0 unspecified atom stereocenters. The van der Waals surface area contributed by atoms with Crippen LogP contribution in [0.25, 0.3) is 11.1 Å². The number of rotatable bonds is 1.